The predicted molar refractivity (Wildman–Crippen MR) is 324 cm³/mol. The van der Waals surface area contributed by atoms with Crippen LogP contribution in [0.25, 0.3) is 21.7 Å². The number of nitrogens with zero attached hydrogens (tertiary/aromatic N) is 10. The SMILES string of the molecule is C=C(COC(=O)NCCCN(C(=O)c1ccc(C)cc1)[C@@H](c1nc2cc(Cl)ccc2c(=O)n1Cc1ccccc1)C(C)C)C(=O)N1CCN(c2nc(OC[C@@H]3CCCN3C)nc3c2CCN(c2cccc4cccc(Cl)c24)C3)C[C@@H]1CC#N. The second-order valence-corrected chi connectivity index (χ2v) is 23.0. The van der Waals surface area contributed by atoms with Crippen LogP contribution < -0.4 is 25.4 Å². The maximum Gasteiger partial charge on any atom is 0.407 e. The number of fused-ring (bicyclic) bond motifs is 3. The molecule has 7 aromatic rings. The summed E-state index contributed by atoms with van der Waals surface area (Å²) in [5.74, 6) is 0.229. The minimum absolute atomic E-state index is 0.0502. The lowest BCUT2D eigenvalue weighted by Gasteiger charge is -2.42. The molecule has 83 heavy (non-hydrogen) atoms. The van der Waals surface area contributed by atoms with E-state index < -0.39 is 24.1 Å². The second-order valence-electron chi connectivity index (χ2n) is 22.1. The van der Waals surface area contributed by atoms with Gasteiger partial charge in [0.1, 0.15) is 24.9 Å². The van der Waals surface area contributed by atoms with Crippen LogP contribution in [-0.4, -0.2) is 130 Å². The molecule has 10 rings (SSSR count). The normalized spacial score (nSPS) is 16.6. The Labute approximate surface area is 494 Å². The lowest BCUT2D eigenvalue weighted by Crippen LogP contribution is -2.56. The second kappa shape index (κ2) is 26.0. The number of halogens is 2. The molecule has 5 heterocycles. The van der Waals surface area contributed by atoms with Crippen LogP contribution in [0, 0.1) is 24.2 Å². The molecule has 430 valence electrons. The molecule has 0 aliphatic carbocycles. The topological polar surface area (TPSA) is 182 Å². The van der Waals surface area contributed by atoms with Crippen molar-refractivity contribution in [1.82, 2.24) is 39.5 Å². The molecule has 3 aliphatic heterocycles. The van der Waals surface area contributed by atoms with E-state index >= 15 is 0 Å². The van der Waals surface area contributed by atoms with Crippen molar-refractivity contribution in [3.63, 3.8) is 0 Å². The Hall–Kier alpha value is -8.04. The van der Waals surface area contributed by atoms with Crippen molar-refractivity contribution >= 4 is 74.3 Å². The fraction of sp³-hybridized carbons (Fsp3) is 0.375. The van der Waals surface area contributed by atoms with E-state index in [9.17, 15) is 24.4 Å². The number of carbonyl (C=O) groups excluding carboxylic acids is 3. The molecule has 2 aromatic heterocycles. The number of nitrogens with one attached hydrogen (secondary N) is 1. The van der Waals surface area contributed by atoms with E-state index in [1.54, 1.807) is 44.7 Å². The Morgan fingerprint density at radius 2 is 1.69 bits per heavy atom. The lowest BCUT2D eigenvalue weighted by atomic mass is 9.98. The molecular formula is C64H69Cl2N11O6. The highest BCUT2D eigenvalue weighted by atomic mass is 35.5. The van der Waals surface area contributed by atoms with Gasteiger partial charge in [-0.1, -0.05) is 116 Å². The number of amides is 3. The van der Waals surface area contributed by atoms with Gasteiger partial charge in [-0.05, 0) is 106 Å². The number of rotatable bonds is 19. The molecule has 0 saturated carbocycles. The number of likely N-dealkylation sites (tertiary alicyclic amines) is 1. The zero-order valence-corrected chi connectivity index (χ0v) is 48.9. The zero-order chi connectivity index (χ0) is 58.3. The number of anilines is 2. The maximum atomic E-state index is 14.7. The van der Waals surface area contributed by atoms with Gasteiger partial charge in [-0.3, -0.25) is 19.0 Å². The third-order valence-electron chi connectivity index (χ3n) is 16.1. The van der Waals surface area contributed by atoms with Crippen molar-refractivity contribution in [3.8, 4) is 12.1 Å². The number of carbonyl (C=O) groups is 3. The highest BCUT2D eigenvalue weighted by Crippen LogP contribution is 2.38. The average molecular weight is 1160 g/mol. The van der Waals surface area contributed by atoms with Gasteiger partial charge in [-0.15, -0.1) is 0 Å². The fourth-order valence-corrected chi connectivity index (χ4v) is 12.2. The Morgan fingerprint density at radius 3 is 2.43 bits per heavy atom. The van der Waals surface area contributed by atoms with E-state index in [4.69, 9.17) is 47.6 Å². The van der Waals surface area contributed by atoms with Gasteiger partial charge in [0.2, 0.25) is 0 Å². The van der Waals surface area contributed by atoms with Gasteiger partial charge in [-0.2, -0.15) is 15.2 Å². The Bertz CT molecular complexity index is 3640. The van der Waals surface area contributed by atoms with Crippen molar-refractivity contribution in [1.29, 1.82) is 5.26 Å². The van der Waals surface area contributed by atoms with E-state index in [2.05, 4.69) is 57.9 Å². The molecule has 0 unspecified atom stereocenters. The maximum absolute atomic E-state index is 14.7. The summed E-state index contributed by atoms with van der Waals surface area (Å²) in [5, 5.41) is 16.5. The highest BCUT2D eigenvalue weighted by Gasteiger charge is 2.37. The summed E-state index contributed by atoms with van der Waals surface area (Å²) in [4.78, 5) is 82.0. The molecule has 17 nitrogen and oxygen atoms in total. The number of piperazine rings is 1. The molecule has 0 bridgehead atoms. The van der Waals surface area contributed by atoms with E-state index in [1.165, 1.54) is 0 Å². The molecular weight excluding hydrogens is 1090 g/mol. The van der Waals surface area contributed by atoms with Gasteiger partial charge in [-0.25, -0.2) is 9.78 Å². The smallest absolute Gasteiger partial charge is 0.407 e. The monoisotopic (exact) mass is 1160 g/mol. The van der Waals surface area contributed by atoms with E-state index in [1.807, 2.05) is 81.4 Å². The summed E-state index contributed by atoms with van der Waals surface area (Å²) in [5.41, 5.74) is 5.43. The van der Waals surface area contributed by atoms with Crippen LogP contribution in [0.4, 0.5) is 16.3 Å². The predicted octanol–water partition coefficient (Wildman–Crippen LogP) is 10.2. The minimum Gasteiger partial charge on any atom is -0.462 e. The molecule has 3 aliphatic rings. The van der Waals surface area contributed by atoms with Crippen LogP contribution in [-0.2, 0) is 29.0 Å². The quantitative estimate of drug-likeness (QED) is 0.0597. The first-order valence-corrected chi connectivity index (χ1v) is 29.2. The summed E-state index contributed by atoms with van der Waals surface area (Å²) >= 11 is 13.3. The van der Waals surface area contributed by atoms with E-state index in [-0.39, 0.29) is 68.2 Å². The molecule has 0 spiro atoms. The minimum atomic E-state index is -0.771. The Kier molecular flexibility index (Phi) is 18.2. The third-order valence-corrected chi connectivity index (χ3v) is 16.6. The summed E-state index contributed by atoms with van der Waals surface area (Å²) in [6.45, 7) is 13.7. The number of likely N-dealkylation sites (N-methyl/N-ethyl adjacent to an activating group) is 1. The number of hydrogen-bond acceptors (Lipinski definition) is 13. The number of hydrogen-bond donors (Lipinski definition) is 1. The van der Waals surface area contributed by atoms with Crippen LogP contribution in [0.5, 0.6) is 6.01 Å². The van der Waals surface area contributed by atoms with E-state index in [0.29, 0.717) is 84.0 Å². The van der Waals surface area contributed by atoms with E-state index in [0.717, 1.165) is 64.0 Å². The Morgan fingerprint density at radius 1 is 0.904 bits per heavy atom. The summed E-state index contributed by atoms with van der Waals surface area (Å²) in [7, 11) is 2.11. The number of aryl methyl sites for hydroxylation is 1. The number of benzene rings is 5. The first-order valence-electron chi connectivity index (χ1n) is 28.4. The van der Waals surface area contributed by atoms with Gasteiger partial charge < -0.3 is 39.3 Å². The van der Waals surface area contributed by atoms with Crippen LogP contribution in [0.2, 0.25) is 10.0 Å². The summed E-state index contributed by atoms with van der Waals surface area (Å²) in [6.07, 6.45) is 2.36. The van der Waals surface area contributed by atoms with Crippen LogP contribution in [0.1, 0.15) is 84.1 Å². The number of ether oxygens (including phenoxy) is 2. The molecule has 5 aromatic carbocycles. The average Bonchev–Trinajstić information content (AvgIpc) is 2.63. The Balaban J connectivity index is 0.806. The van der Waals surface area contributed by atoms with Crippen molar-refractivity contribution in [3.05, 3.63) is 176 Å². The van der Waals surface area contributed by atoms with Crippen molar-refractivity contribution < 1.29 is 23.9 Å². The van der Waals surface area contributed by atoms with Gasteiger partial charge in [0, 0.05) is 78.1 Å². The van der Waals surface area contributed by atoms with Crippen molar-refractivity contribution in [2.75, 3.05) is 75.9 Å². The van der Waals surface area contributed by atoms with Gasteiger partial charge >= 0.3 is 12.1 Å². The summed E-state index contributed by atoms with van der Waals surface area (Å²) < 4.78 is 13.6. The van der Waals surface area contributed by atoms with Crippen LogP contribution in [0.15, 0.2) is 126 Å². The van der Waals surface area contributed by atoms with Gasteiger partial charge in [0.15, 0.2) is 0 Å². The zero-order valence-electron chi connectivity index (χ0n) is 47.4. The molecule has 2 fully saturated rings. The first kappa shape index (κ1) is 58.2. The largest absolute Gasteiger partial charge is 0.462 e. The molecule has 1 N–H and O–H groups in total. The number of aromatic nitrogens is 4. The summed E-state index contributed by atoms with van der Waals surface area (Å²) in [6, 6.07) is 35.7. The van der Waals surface area contributed by atoms with Gasteiger partial charge in [0.25, 0.3) is 17.4 Å². The van der Waals surface area contributed by atoms with Crippen molar-refractivity contribution in [2.45, 2.75) is 84.1 Å². The first-order chi connectivity index (χ1) is 40.1. The third kappa shape index (κ3) is 13.1. The number of nitriles is 1. The highest BCUT2D eigenvalue weighted by molar-refractivity contribution is 6.36. The van der Waals surface area contributed by atoms with Crippen molar-refractivity contribution in [2.24, 2.45) is 5.92 Å². The molecule has 2 saturated heterocycles. The van der Waals surface area contributed by atoms with Crippen LogP contribution >= 0.6 is 23.2 Å². The molecule has 3 amide bonds. The lowest BCUT2D eigenvalue weighted by molar-refractivity contribution is -0.130. The van der Waals surface area contributed by atoms with Crippen LogP contribution in [0.3, 0.4) is 0 Å². The number of alkyl carbamates (subject to hydrolysis) is 1. The molecule has 19 heteroatoms. The fourth-order valence-electron chi connectivity index (χ4n) is 11.7. The molecule has 3 atom stereocenters. The standard InChI is InChI=1S/C64H69Cl2N11O6/c1-41(2)57(59-69-53-35-47(65)24-25-51(53)62(80)77(59)36-44-13-7-6-8-14-44)76(61(79)46-22-20-42(3)21-23-46)31-12-29-68-64(81)83-39-43(4)60(78)75-34-33-74(37-48(75)26-28-67)58-50-27-32-73(55-19-10-16-45-15-9-18-52(66)56(45)55)38-54(50)70-63(71-58)82-40-49-17-11-30-72(49)5/h6-10,13-16,18-25,35,41,48-49,57H,4,11-12,17,26-27,29-34,36-40H2,1-3,5H3,(H,68,81)/t48-,49-,57+/m0/s1. The molecule has 0 radical (unpaired) electrons. The van der Waals surface area contributed by atoms with Gasteiger partial charge in [0.05, 0.1) is 59.3 Å².